The second-order valence-corrected chi connectivity index (χ2v) is 5.51. The number of hydrogen-bond donors (Lipinski definition) is 0. The fraction of sp³-hybridized carbons (Fsp3) is 0.118. The van der Waals surface area contributed by atoms with Crippen LogP contribution in [0, 0.1) is 0 Å². The van der Waals surface area contributed by atoms with Crippen molar-refractivity contribution in [2.45, 2.75) is 13.3 Å². The number of halogens is 1. The van der Waals surface area contributed by atoms with Crippen LogP contribution in [-0.4, -0.2) is 5.78 Å². The molecule has 0 fully saturated rings. The Morgan fingerprint density at radius 3 is 2.70 bits per heavy atom. The highest BCUT2D eigenvalue weighted by molar-refractivity contribution is 9.10. The fourth-order valence-electron chi connectivity index (χ4n) is 2.21. The molecule has 2 aromatic carbocycles. The highest BCUT2D eigenvalue weighted by Crippen LogP contribution is 2.28. The second kappa shape index (κ2) is 5.25. The summed E-state index contributed by atoms with van der Waals surface area (Å²) in [7, 11) is 0. The summed E-state index contributed by atoms with van der Waals surface area (Å²) >= 11 is 3.43. The van der Waals surface area contributed by atoms with Crippen molar-refractivity contribution in [1.29, 1.82) is 0 Å². The molecule has 0 aliphatic carbocycles. The van der Waals surface area contributed by atoms with Crippen LogP contribution in [0.5, 0.6) is 0 Å². The maximum absolute atomic E-state index is 12.5. The standard InChI is InChI=1S/C17H13BrO2/c1-2-11-5-3-6-12(9-11)16(19)15-10-13-7-4-8-14(18)17(13)20-15/h3-10H,2H2,1H3. The number of carbonyl (C=O) groups is 1. The molecule has 2 nitrogen and oxygen atoms in total. The average molecular weight is 329 g/mol. The maximum Gasteiger partial charge on any atom is 0.228 e. The van der Waals surface area contributed by atoms with Crippen molar-refractivity contribution in [2.24, 2.45) is 0 Å². The Morgan fingerprint density at radius 1 is 1.15 bits per heavy atom. The van der Waals surface area contributed by atoms with Gasteiger partial charge in [-0.1, -0.05) is 37.3 Å². The molecule has 0 N–H and O–H groups in total. The molecule has 20 heavy (non-hydrogen) atoms. The van der Waals surface area contributed by atoms with E-state index in [0.717, 1.165) is 21.8 Å². The van der Waals surface area contributed by atoms with E-state index in [1.807, 2.05) is 42.5 Å². The van der Waals surface area contributed by atoms with Gasteiger partial charge < -0.3 is 4.42 Å². The minimum atomic E-state index is -0.0802. The zero-order chi connectivity index (χ0) is 14.1. The summed E-state index contributed by atoms with van der Waals surface area (Å²) in [6, 6.07) is 15.2. The molecule has 0 amide bonds. The lowest BCUT2D eigenvalue weighted by atomic mass is 10.0. The Morgan fingerprint density at radius 2 is 1.95 bits per heavy atom. The van der Waals surface area contributed by atoms with Gasteiger partial charge in [-0.3, -0.25) is 4.79 Å². The van der Waals surface area contributed by atoms with Crippen LogP contribution in [0.1, 0.15) is 28.6 Å². The average Bonchev–Trinajstić information content (AvgIpc) is 2.92. The quantitative estimate of drug-likeness (QED) is 0.634. The minimum Gasteiger partial charge on any atom is -0.451 e. The van der Waals surface area contributed by atoms with Gasteiger partial charge >= 0.3 is 0 Å². The van der Waals surface area contributed by atoms with E-state index < -0.39 is 0 Å². The lowest BCUT2D eigenvalue weighted by molar-refractivity contribution is 0.101. The monoisotopic (exact) mass is 328 g/mol. The lowest BCUT2D eigenvalue weighted by Gasteiger charge is -2.00. The first-order chi connectivity index (χ1) is 9.69. The number of carbonyl (C=O) groups excluding carboxylic acids is 1. The molecule has 3 rings (SSSR count). The van der Waals surface area contributed by atoms with Crippen LogP contribution in [0.4, 0.5) is 0 Å². The van der Waals surface area contributed by atoms with Crippen molar-refractivity contribution in [3.63, 3.8) is 0 Å². The third kappa shape index (κ3) is 2.29. The van der Waals surface area contributed by atoms with Gasteiger partial charge in [0, 0.05) is 10.9 Å². The van der Waals surface area contributed by atoms with Gasteiger partial charge in [-0.2, -0.15) is 0 Å². The summed E-state index contributed by atoms with van der Waals surface area (Å²) in [6.45, 7) is 2.07. The third-order valence-corrected chi connectivity index (χ3v) is 3.94. The minimum absolute atomic E-state index is 0.0802. The molecule has 100 valence electrons. The maximum atomic E-state index is 12.5. The Kier molecular flexibility index (Phi) is 3.45. The highest BCUT2D eigenvalue weighted by Gasteiger charge is 2.15. The molecule has 0 spiro atoms. The smallest absolute Gasteiger partial charge is 0.228 e. The molecular formula is C17H13BrO2. The van der Waals surface area contributed by atoms with E-state index in [2.05, 4.69) is 22.9 Å². The van der Waals surface area contributed by atoms with Gasteiger partial charge in [-0.05, 0) is 46.1 Å². The number of hydrogen-bond acceptors (Lipinski definition) is 2. The molecule has 3 aromatic rings. The first kappa shape index (κ1) is 13.1. The molecular weight excluding hydrogens is 316 g/mol. The molecule has 1 heterocycles. The Balaban J connectivity index is 2.05. The van der Waals surface area contributed by atoms with Crippen LogP contribution >= 0.6 is 15.9 Å². The van der Waals surface area contributed by atoms with Gasteiger partial charge in [0.05, 0.1) is 4.47 Å². The van der Waals surface area contributed by atoms with Crippen LogP contribution in [0.25, 0.3) is 11.0 Å². The van der Waals surface area contributed by atoms with E-state index in [1.165, 1.54) is 0 Å². The zero-order valence-electron chi connectivity index (χ0n) is 11.0. The third-order valence-electron chi connectivity index (χ3n) is 3.32. The predicted molar refractivity (Wildman–Crippen MR) is 83.2 cm³/mol. The fourth-order valence-corrected chi connectivity index (χ4v) is 2.68. The number of para-hydroxylation sites is 1. The largest absolute Gasteiger partial charge is 0.451 e. The van der Waals surface area contributed by atoms with Gasteiger partial charge in [0.15, 0.2) is 5.76 Å². The van der Waals surface area contributed by atoms with Gasteiger partial charge in [0.2, 0.25) is 5.78 Å². The Hall–Kier alpha value is -1.87. The number of ketones is 1. The van der Waals surface area contributed by atoms with Crippen LogP contribution in [0.2, 0.25) is 0 Å². The van der Waals surface area contributed by atoms with E-state index >= 15 is 0 Å². The van der Waals surface area contributed by atoms with Crippen molar-refractivity contribution < 1.29 is 9.21 Å². The van der Waals surface area contributed by atoms with Crippen molar-refractivity contribution >= 4 is 32.7 Å². The lowest BCUT2D eigenvalue weighted by Crippen LogP contribution is -2.00. The van der Waals surface area contributed by atoms with Gasteiger partial charge in [-0.15, -0.1) is 0 Å². The predicted octanol–water partition coefficient (Wildman–Crippen LogP) is 4.99. The summed E-state index contributed by atoms with van der Waals surface area (Å²) in [6.07, 6.45) is 0.910. The Bertz CT molecular complexity index is 787. The zero-order valence-corrected chi connectivity index (χ0v) is 12.6. The first-order valence-electron chi connectivity index (χ1n) is 6.50. The number of benzene rings is 2. The number of rotatable bonds is 3. The molecule has 0 unspecified atom stereocenters. The van der Waals surface area contributed by atoms with Crippen LogP contribution < -0.4 is 0 Å². The number of furan rings is 1. The molecule has 3 heteroatoms. The summed E-state index contributed by atoms with van der Waals surface area (Å²) < 4.78 is 6.55. The van der Waals surface area contributed by atoms with Crippen molar-refractivity contribution in [3.05, 3.63) is 69.9 Å². The molecule has 0 saturated carbocycles. The normalized spacial score (nSPS) is 10.9. The van der Waals surface area contributed by atoms with Gasteiger partial charge in [-0.25, -0.2) is 0 Å². The summed E-state index contributed by atoms with van der Waals surface area (Å²) in [5, 5.41) is 0.925. The molecule has 0 radical (unpaired) electrons. The number of fused-ring (bicyclic) bond motifs is 1. The van der Waals surface area contributed by atoms with E-state index in [9.17, 15) is 4.79 Å². The first-order valence-corrected chi connectivity index (χ1v) is 7.30. The second-order valence-electron chi connectivity index (χ2n) is 4.65. The van der Waals surface area contributed by atoms with Crippen molar-refractivity contribution in [1.82, 2.24) is 0 Å². The summed E-state index contributed by atoms with van der Waals surface area (Å²) in [5.41, 5.74) is 2.52. The van der Waals surface area contributed by atoms with E-state index in [-0.39, 0.29) is 5.78 Å². The van der Waals surface area contributed by atoms with Crippen molar-refractivity contribution in [2.75, 3.05) is 0 Å². The van der Waals surface area contributed by atoms with Gasteiger partial charge in [0.25, 0.3) is 0 Å². The van der Waals surface area contributed by atoms with Crippen LogP contribution in [-0.2, 0) is 6.42 Å². The molecule has 0 bridgehead atoms. The van der Waals surface area contributed by atoms with Gasteiger partial charge in [0.1, 0.15) is 5.58 Å². The van der Waals surface area contributed by atoms with Crippen molar-refractivity contribution in [3.8, 4) is 0 Å². The van der Waals surface area contributed by atoms with Crippen LogP contribution in [0.3, 0.4) is 0 Å². The summed E-state index contributed by atoms with van der Waals surface area (Å²) in [4.78, 5) is 12.5. The van der Waals surface area contributed by atoms with E-state index in [4.69, 9.17) is 4.42 Å². The highest BCUT2D eigenvalue weighted by atomic mass is 79.9. The topological polar surface area (TPSA) is 30.2 Å². The van der Waals surface area contributed by atoms with Crippen LogP contribution in [0.15, 0.2) is 57.4 Å². The van der Waals surface area contributed by atoms with E-state index in [1.54, 1.807) is 6.07 Å². The molecule has 0 aliphatic heterocycles. The van der Waals surface area contributed by atoms with E-state index in [0.29, 0.717) is 16.9 Å². The molecule has 0 aliphatic rings. The SMILES string of the molecule is CCc1cccc(C(=O)c2cc3cccc(Br)c3o2)c1. The summed E-state index contributed by atoms with van der Waals surface area (Å²) in [5.74, 6) is 0.295. The molecule has 0 atom stereocenters. The Labute approximate surface area is 125 Å². The molecule has 1 aromatic heterocycles. The number of aryl methyl sites for hydroxylation is 1. The molecule has 0 saturated heterocycles.